The van der Waals surface area contributed by atoms with Crippen LogP contribution in [-0.2, 0) is 25.1 Å². The fourth-order valence-electron chi connectivity index (χ4n) is 0.201. The standard InChI is InChI=1S/C3H5ClO5S/c1-8-3(5)2(4)9-10(6)7/h2H,1H3,(H,6,7)/p-1. The molecule has 2 unspecified atom stereocenters. The summed E-state index contributed by atoms with van der Waals surface area (Å²) in [5, 5.41) is 0. The highest BCUT2D eigenvalue weighted by Crippen LogP contribution is 2.01. The van der Waals surface area contributed by atoms with Crippen molar-refractivity contribution in [1.82, 2.24) is 0 Å². The first-order valence-electron chi connectivity index (χ1n) is 2.06. The van der Waals surface area contributed by atoms with E-state index in [4.69, 9.17) is 11.6 Å². The number of rotatable bonds is 3. The lowest BCUT2D eigenvalue weighted by Crippen LogP contribution is -2.20. The fraction of sp³-hybridized carbons (Fsp3) is 0.667. The van der Waals surface area contributed by atoms with Crippen molar-refractivity contribution in [2.75, 3.05) is 7.11 Å². The number of alkyl halides is 1. The summed E-state index contributed by atoms with van der Waals surface area (Å²) in [5.41, 5.74) is -1.59. The Morgan fingerprint density at radius 1 is 1.80 bits per heavy atom. The van der Waals surface area contributed by atoms with Gasteiger partial charge in [-0.3, -0.25) is 4.18 Å². The van der Waals surface area contributed by atoms with E-state index in [2.05, 4.69) is 8.92 Å². The van der Waals surface area contributed by atoms with Gasteiger partial charge < -0.3 is 9.29 Å². The van der Waals surface area contributed by atoms with Crippen LogP contribution in [-0.4, -0.2) is 27.4 Å². The van der Waals surface area contributed by atoms with Crippen molar-refractivity contribution in [3.05, 3.63) is 0 Å². The van der Waals surface area contributed by atoms with E-state index in [1.165, 1.54) is 0 Å². The SMILES string of the molecule is COC(=O)C(Cl)OS(=O)[O-]. The molecule has 0 aromatic rings. The minimum absolute atomic E-state index is 0.953. The van der Waals surface area contributed by atoms with Crippen LogP contribution >= 0.6 is 11.6 Å². The molecule has 0 aliphatic carbocycles. The van der Waals surface area contributed by atoms with Crippen molar-refractivity contribution in [2.45, 2.75) is 5.56 Å². The minimum atomic E-state index is -2.80. The topological polar surface area (TPSA) is 75.7 Å². The van der Waals surface area contributed by atoms with Crippen LogP contribution in [0.3, 0.4) is 0 Å². The van der Waals surface area contributed by atoms with Crippen molar-refractivity contribution in [3.63, 3.8) is 0 Å². The Kier molecular flexibility index (Phi) is 4.54. The molecule has 0 aliphatic rings. The van der Waals surface area contributed by atoms with Crippen LogP contribution in [0.15, 0.2) is 0 Å². The number of halogens is 1. The Balaban J connectivity index is 3.72. The van der Waals surface area contributed by atoms with E-state index < -0.39 is 22.9 Å². The number of hydrogen-bond acceptors (Lipinski definition) is 5. The minimum Gasteiger partial charge on any atom is -0.750 e. The molecule has 10 heavy (non-hydrogen) atoms. The highest BCUT2D eigenvalue weighted by atomic mass is 35.5. The molecule has 0 bridgehead atoms. The molecule has 0 N–H and O–H groups in total. The first kappa shape index (κ1) is 9.83. The summed E-state index contributed by atoms with van der Waals surface area (Å²) in [4.78, 5) is 10.3. The van der Waals surface area contributed by atoms with Crippen LogP contribution in [0, 0.1) is 0 Å². The van der Waals surface area contributed by atoms with E-state index in [1.807, 2.05) is 0 Å². The summed E-state index contributed by atoms with van der Waals surface area (Å²) in [7, 11) is 1.06. The Hall–Kier alpha value is -0.170. The molecule has 0 aromatic heterocycles. The number of hydrogen-bond donors (Lipinski definition) is 0. The molecule has 0 fully saturated rings. The Labute approximate surface area is 64.7 Å². The van der Waals surface area contributed by atoms with Crippen molar-refractivity contribution in [1.29, 1.82) is 0 Å². The Morgan fingerprint density at radius 2 is 2.30 bits per heavy atom. The average Bonchev–Trinajstić information content (AvgIpc) is 1.85. The third-order valence-electron chi connectivity index (χ3n) is 0.550. The van der Waals surface area contributed by atoms with Crippen LogP contribution in [0.25, 0.3) is 0 Å². The van der Waals surface area contributed by atoms with Gasteiger partial charge in [-0.15, -0.1) is 0 Å². The molecule has 0 radical (unpaired) electrons. The molecule has 0 aromatic carbocycles. The summed E-state index contributed by atoms with van der Waals surface area (Å²) in [6, 6.07) is 0. The first-order valence-corrected chi connectivity index (χ1v) is 3.50. The zero-order valence-corrected chi connectivity index (χ0v) is 6.48. The molecule has 0 spiro atoms. The van der Waals surface area contributed by atoms with Gasteiger partial charge in [-0.1, -0.05) is 11.6 Å². The monoisotopic (exact) mass is 187 g/mol. The molecule has 0 amide bonds. The molecule has 2 atom stereocenters. The molecular formula is C3H4ClO5S-. The zero-order chi connectivity index (χ0) is 8.15. The van der Waals surface area contributed by atoms with Gasteiger partial charge in [0.25, 0.3) is 0 Å². The van der Waals surface area contributed by atoms with Gasteiger partial charge in [0.05, 0.1) is 18.5 Å². The second-order valence-electron chi connectivity index (χ2n) is 1.14. The van der Waals surface area contributed by atoms with Crippen LogP contribution in [0.5, 0.6) is 0 Å². The third-order valence-corrected chi connectivity index (χ3v) is 1.27. The molecular weight excluding hydrogens is 184 g/mol. The number of carbonyl (C=O) groups is 1. The fourth-order valence-corrected chi connectivity index (χ4v) is 0.685. The quantitative estimate of drug-likeness (QED) is 0.339. The number of ether oxygens (including phenoxy) is 1. The maximum atomic E-state index is 10.3. The Bertz CT molecular complexity index is 148. The summed E-state index contributed by atoms with van der Waals surface area (Å²) >= 11 is 2.24. The van der Waals surface area contributed by atoms with E-state index in [9.17, 15) is 13.6 Å². The van der Waals surface area contributed by atoms with Gasteiger partial charge in [-0.2, -0.15) is 0 Å². The van der Waals surface area contributed by atoms with Crippen molar-refractivity contribution < 1.29 is 22.5 Å². The average molecular weight is 188 g/mol. The van der Waals surface area contributed by atoms with E-state index in [0.29, 0.717) is 0 Å². The smallest absolute Gasteiger partial charge is 0.352 e. The van der Waals surface area contributed by atoms with E-state index >= 15 is 0 Å². The maximum Gasteiger partial charge on any atom is 0.352 e. The lowest BCUT2D eigenvalue weighted by molar-refractivity contribution is -0.144. The second-order valence-corrected chi connectivity index (χ2v) is 2.14. The molecule has 0 saturated heterocycles. The van der Waals surface area contributed by atoms with Crippen molar-refractivity contribution in [3.8, 4) is 0 Å². The van der Waals surface area contributed by atoms with Crippen LogP contribution < -0.4 is 0 Å². The van der Waals surface area contributed by atoms with E-state index in [-0.39, 0.29) is 0 Å². The molecule has 60 valence electrons. The highest BCUT2D eigenvalue weighted by molar-refractivity contribution is 7.74. The number of carbonyl (C=O) groups excluding carboxylic acids is 1. The molecule has 0 heterocycles. The van der Waals surface area contributed by atoms with Crippen molar-refractivity contribution >= 4 is 28.9 Å². The summed E-state index contributed by atoms with van der Waals surface area (Å²) < 4.78 is 27.3. The lowest BCUT2D eigenvalue weighted by Gasteiger charge is -2.08. The van der Waals surface area contributed by atoms with Crippen LogP contribution in [0.2, 0.25) is 0 Å². The Morgan fingerprint density at radius 3 is 2.60 bits per heavy atom. The summed E-state index contributed by atoms with van der Waals surface area (Å²) in [5.74, 6) is -0.953. The van der Waals surface area contributed by atoms with Gasteiger partial charge in [0, 0.05) is 0 Å². The number of methoxy groups -OCH3 is 1. The first-order chi connectivity index (χ1) is 4.57. The third kappa shape index (κ3) is 3.78. The number of esters is 1. The van der Waals surface area contributed by atoms with E-state index in [1.54, 1.807) is 0 Å². The van der Waals surface area contributed by atoms with Gasteiger partial charge >= 0.3 is 5.97 Å². The highest BCUT2D eigenvalue weighted by Gasteiger charge is 2.16. The molecule has 0 saturated carbocycles. The van der Waals surface area contributed by atoms with Gasteiger partial charge in [0.15, 0.2) is 0 Å². The largest absolute Gasteiger partial charge is 0.750 e. The van der Waals surface area contributed by atoms with Crippen LogP contribution in [0.4, 0.5) is 0 Å². The van der Waals surface area contributed by atoms with Crippen molar-refractivity contribution in [2.24, 2.45) is 0 Å². The predicted octanol–water partition coefficient (Wildman–Crippen LogP) is -0.465. The second kappa shape index (κ2) is 4.62. The molecule has 7 heteroatoms. The molecule has 0 aliphatic heterocycles. The van der Waals surface area contributed by atoms with Gasteiger partial charge in [0.1, 0.15) is 0 Å². The van der Waals surface area contributed by atoms with Gasteiger partial charge in [-0.05, 0) is 0 Å². The van der Waals surface area contributed by atoms with Gasteiger partial charge in [0.2, 0.25) is 5.56 Å². The summed E-state index contributed by atoms with van der Waals surface area (Å²) in [6.07, 6.45) is 0. The van der Waals surface area contributed by atoms with Crippen LogP contribution in [0.1, 0.15) is 0 Å². The lowest BCUT2D eigenvalue weighted by atomic mass is 10.7. The maximum absolute atomic E-state index is 10.3. The van der Waals surface area contributed by atoms with Gasteiger partial charge in [-0.25, -0.2) is 9.00 Å². The zero-order valence-electron chi connectivity index (χ0n) is 4.90. The molecule has 0 rings (SSSR count). The summed E-state index contributed by atoms with van der Waals surface area (Å²) in [6.45, 7) is 0. The normalized spacial score (nSPS) is 15.9. The van der Waals surface area contributed by atoms with E-state index in [0.717, 1.165) is 7.11 Å². The predicted molar refractivity (Wildman–Crippen MR) is 31.7 cm³/mol. The molecule has 5 nitrogen and oxygen atoms in total.